The van der Waals surface area contributed by atoms with Crippen molar-refractivity contribution in [3.63, 3.8) is 0 Å². The molecule has 4 nitrogen and oxygen atoms in total. The molecule has 0 bridgehead atoms. The molecule has 0 aromatic rings. The first kappa shape index (κ1) is 11.4. The summed E-state index contributed by atoms with van der Waals surface area (Å²) in [6.45, 7) is 3.05. The summed E-state index contributed by atoms with van der Waals surface area (Å²) in [5.41, 5.74) is 0. The van der Waals surface area contributed by atoms with Gasteiger partial charge in [0.15, 0.2) is 0 Å². The Kier molecular flexibility index (Phi) is 5.66. The van der Waals surface area contributed by atoms with Crippen molar-refractivity contribution in [2.24, 2.45) is 5.92 Å². The van der Waals surface area contributed by atoms with Gasteiger partial charge >= 0.3 is 5.97 Å². The molecule has 0 radical (unpaired) electrons. The van der Waals surface area contributed by atoms with Crippen LogP contribution in [0, 0.1) is 5.92 Å². The highest BCUT2D eigenvalue weighted by Gasteiger charge is 2.08. The second-order valence-electron chi connectivity index (χ2n) is 3.06. The summed E-state index contributed by atoms with van der Waals surface area (Å²) in [7, 11) is 3.19. The van der Waals surface area contributed by atoms with E-state index in [4.69, 9.17) is 5.11 Å². The Balaban J connectivity index is 3.58. The maximum Gasteiger partial charge on any atom is 0.319 e. The number of likely N-dealkylation sites (N-methyl/N-ethyl adjacent to an activating group) is 1. The van der Waals surface area contributed by atoms with Crippen molar-refractivity contribution >= 4 is 5.97 Å². The first-order chi connectivity index (χ1) is 5.60. The van der Waals surface area contributed by atoms with Crippen LogP contribution in [0.25, 0.3) is 0 Å². The third-order valence-corrected chi connectivity index (χ3v) is 1.56. The largest absolute Gasteiger partial charge is 0.468 e. The standard InChI is InChI=1S/C8H17NO3/c1-7(6-10)4-9(2)5-8(11)12-3/h7,10H,4-6H2,1-3H3. The summed E-state index contributed by atoms with van der Waals surface area (Å²) in [5.74, 6) is -0.0534. The molecule has 0 aliphatic carbocycles. The fraction of sp³-hybridized carbons (Fsp3) is 0.875. The van der Waals surface area contributed by atoms with E-state index in [9.17, 15) is 4.79 Å². The van der Waals surface area contributed by atoms with E-state index in [-0.39, 0.29) is 25.0 Å². The lowest BCUT2D eigenvalue weighted by Crippen LogP contribution is -2.31. The van der Waals surface area contributed by atoms with Crippen LogP contribution < -0.4 is 0 Å². The second kappa shape index (κ2) is 5.97. The molecule has 12 heavy (non-hydrogen) atoms. The fourth-order valence-corrected chi connectivity index (χ4v) is 0.939. The Morgan fingerprint density at radius 1 is 1.67 bits per heavy atom. The third-order valence-electron chi connectivity index (χ3n) is 1.56. The zero-order chi connectivity index (χ0) is 9.56. The zero-order valence-electron chi connectivity index (χ0n) is 7.91. The molecule has 0 aromatic heterocycles. The maximum absolute atomic E-state index is 10.8. The highest BCUT2D eigenvalue weighted by atomic mass is 16.5. The van der Waals surface area contributed by atoms with Gasteiger partial charge < -0.3 is 9.84 Å². The number of carbonyl (C=O) groups is 1. The average molecular weight is 175 g/mol. The number of rotatable bonds is 5. The molecule has 1 atom stereocenters. The van der Waals surface area contributed by atoms with Crippen LogP contribution in [0.4, 0.5) is 0 Å². The summed E-state index contributed by atoms with van der Waals surface area (Å²) in [6, 6.07) is 0. The molecule has 0 saturated heterocycles. The fourth-order valence-electron chi connectivity index (χ4n) is 0.939. The molecule has 0 spiro atoms. The second-order valence-corrected chi connectivity index (χ2v) is 3.06. The number of esters is 1. The summed E-state index contributed by atoms with van der Waals surface area (Å²) < 4.78 is 4.49. The van der Waals surface area contributed by atoms with Gasteiger partial charge in [0.25, 0.3) is 0 Å². The van der Waals surface area contributed by atoms with Gasteiger partial charge in [-0.05, 0) is 13.0 Å². The van der Waals surface area contributed by atoms with Crippen molar-refractivity contribution in [2.45, 2.75) is 6.92 Å². The minimum atomic E-state index is -0.248. The highest BCUT2D eigenvalue weighted by Crippen LogP contribution is 1.95. The number of hydrogen-bond donors (Lipinski definition) is 1. The predicted molar refractivity (Wildman–Crippen MR) is 45.8 cm³/mol. The molecule has 1 N–H and O–H groups in total. The van der Waals surface area contributed by atoms with Crippen molar-refractivity contribution in [2.75, 3.05) is 33.9 Å². The molecular weight excluding hydrogens is 158 g/mol. The summed E-state index contributed by atoms with van der Waals surface area (Å²) in [4.78, 5) is 12.6. The van der Waals surface area contributed by atoms with Gasteiger partial charge in [-0.15, -0.1) is 0 Å². The molecule has 0 aliphatic heterocycles. The lowest BCUT2D eigenvalue weighted by atomic mass is 10.2. The van der Waals surface area contributed by atoms with Gasteiger partial charge in [0.05, 0.1) is 13.7 Å². The van der Waals surface area contributed by atoms with E-state index in [1.165, 1.54) is 7.11 Å². The van der Waals surface area contributed by atoms with Gasteiger partial charge in [0.1, 0.15) is 0 Å². The average Bonchev–Trinajstić information content (AvgIpc) is 2.03. The molecule has 0 rings (SSSR count). The van der Waals surface area contributed by atoms with E-state index in [2.05, 4.69) is 4.74 Å². The molecule has 0 amide bonds. The van der Waals surface area contributed by atoms with Crippen molar-refractivity contribution in [1.29, 1.82) is 0 Å². The van der Waals surface area contributed by atoms with Crippen LogP contribution in [0.1, 0.15) is 6.92 Å². The lowest BCUT2D eigenvalue weighted by molar-refractivity contribution is -0.141. The van der Waals surface area contributed by atoms with Gasteiger partial charge in [-0.1, -0.05) is 6.92 Å². The topological polar surface area (TPSA) is 49.8 Å². The number of hydrogen-bond acceptors (Lipinski definition) is 4. The van der Waals surface area contributed by atoms with Crippen molar-refractivity contribution in [1.82, 2.24) is 4.90 Å². The molecule has 72 valence electrons. The van der Waals surface area contributed by atoms with Crippen molar-refractivity contribution in [3.05, 3.63) is 0 Å². The molecule has 0 aromatic carbocycles. The van der Waals surface area contributed by atoms with Crippen LogP contribution in [-0.4, -0.2) is 49.8 Å². The summed E-state index contributed by atoms with van der Waals surface area (Å²) >= 11 is 0. The first-order valence-electron chi connectivity index (χ1n) is 3.96. The minimum Gasteiger partial charge on any atom is -0.468 e. The van der Waals surface area contributed by atoms with E-state index in [1.807, 2.05) is 18.9 Å². The Labute approximate surface area is 73.1 Å². The molecular formula is C8H17NO3. The van der Waals surface area contributed by atoms with E-state index in [1.54, 1.807) is 0 Å². The van der Waals surface area contributed by atoms with Crippen LogP contribution in [0.3, 0.4) is 0 Å². The van der Waals surface area contributed by atoms with E-state index < -0.39 is 0 Å². The van der Waals surface area contributed by atoms with Crippen LogP contribution in [0.2, 0.25) is 0 Å². The van der Waals surface area contributed by atoms with Gasteiger partial charge in [-0.2, -0.15) is 0 Å². The van der Waals surface area contributed by atoms with Crippen molar-refractivity contribution < 1.29 is 14.6 Å². The number of aliphatic hydroxyl groups is 1. The van der Waals surface area contributed by atoms with Crippen LogP contribution >= 0.6 is 0 Å². The number of carbonyl (C=O) groups excluding carboxylic acids is 1. The number of methoxy groups -OCH3 is 1. The monoisotopic (exact) mass is 175 g/mol. The predicted octanol–water partition coefficient (Wildman–Crippen LogP) is -0.280. The summed E-state index contributed by atoms with van der Waals surface area (Å²) in [5, 5.41) is 8.73. The molecule has 4 heteroatoms. The quantitative estimate of drug-likeness (QED) is 0.584. The van der Waals surface area contributed by atoms with E-state index in [0.717, 1.165) is 0 Å². The zero-order valence-corrected chi connectivity index (χ0v) is 7.91. The van der Waals surface area contributed by atoms with Gasteiger partial charge in [-0.3, -0.25) is 9.69 Å². The number of nitrogens with zero attached hydrogens (tertiary/aromatic N) is 1. The number of ether oxygens (including phenoxy) is 1. The SMILES string of the molecule is COC(=O)CN(C)CC(C)CO. The molecule has 1 unspecified atom stereocenters. The van der Waals surface area contributed by atoms with Crippen LogP contribution in [0.5, 0.6) is 0 Å². The van der Waals surface area contributed by atoms with Crippen LogP contribution in [-0.2, 0) is 9.53 Å². The molecule has 0 fully saturated rings. The van der Waals surface area contributed by atoms with Crippen molar-refractivity contribution in [3.8, 4) is 0 Å². The van der Waals surface area contributed by atoms with Gasteiger partial charge in [0.2, 0.25) is 0 Å². The Morgan fingerprint density at radius 2 is 2.25 bits per heavy atom. The lowest BCUT2D eigenvalue weighted by Gasteiger charge is -2.18. The first-order valence-corrected chi connectivity index (χ1v) is 3.96. The van der Waals surface area contributed by atoms with Crippen LogP contribution in [0.15, 0.2) is 0 Å². The Hall–Kier alpha value is -0.610. The maximum atomic E-state index is 10.8. The van der Waals surface area contributed by atoms with E-state index in [0.29, 0.717) is 6.54 Å². The Bertz CT molecular complexity index is 138. The summed E-state index contributed by atoms with van der Waals surface area (Å²) in [6.07, 6.45) is 0. The minimum absolute atomic E-state index is 0.144. The van der Waals surface area contributed by atoms with E-state index >= 15 is 0 Å². The molecule has 0 heterocycles. The highest BCUT2D eigenvalue weighted by molar-refractivity contribution is 5.71. The smallest absolute Gasteiger partial charge is 0.319 e. The molecule has 0 saturated carbocycles. The molecule has 0 aliphatic rings. The normalized spacial score (nSPS) is 13.1. The van der Waals surface area contributed by atoms with Gasteiger partial charge in [-0.25, -0.2) is 0 Å². The third kappa shape index (κ3) is 5.09. The van der Waals surface area contributed by atoms with Gasteiger partial charge in [0, 0.05) is 13.2 Å². The Morgan fingerprint density at radius 3 is 2.67 bits per heavy atom. The number of aliphatic hydroxyl groups excluding tert-OH is 1.